The third kappa shape index (κ3) is 4.81. The number of nitrogens with one attached hydrogen (secondary N) is 1. The van der Waals surface area contributed by atoms with E-state index in [1.54, 1.807) is 24.9 Å². The van der Waals surface area contributed by atoms with Crippen LogP contribution in [0.1, 0.15) is 34.4 Å². The number of methoxy groups -OCH3 is 1. The quantitative estimate of drug-likeness (QED) is 0.612. The summed E-state index contributed by atoms with van der Waals surface area (Å²) < 4.78 is 46.2. The molecular weight excluding hydrogens is 409 g/mol. The number of carbonyl (C=O) groups is 1. The summed E-state index contributed by atoms with van der Waals surface area (Å²) in [4.78, 5) is 16.9. The van der Waals surface area contributed by atoms with Gasteiger partial charge < -0.3 is 10.1 Å². The Hall–Kier alpha value is -3.10. The van der Waals surface area contributed by atoms with Gasteiger partial charge in [0.25, 0.3) is 0 Å². The molecule has 0 aliphatic carbocycles. The van der Waals surface area contributed by atoms with E-state index in [4.69, 9.17) is 4.74 Å². The highest BCUT2D eigenvalue weighted by atomic mass is 19.4. The molecule has 31 heavy (non-hydrogen) atoms. The maximum atomic E-state index is 13.1. The first kappa shape index (κ1) is 22.6. The Morgan fingerprint density at radius 3 is 2.58 bits per heavy atom. The molecule has 3 rings (SSSR count). The molecule has 0 saturated heterocycles. The third-order valence-electron chi connectivity index (χ3n) is 5.36. The minimum atomic E-state index is -4.41. The van der Waals surface area contributed by atoms with Crippen molar-refractivity contribution in [2.45, 2.75) is 39.3 Å². The molecule has 1 aromatic carbocycles. The molecule has 0 bridgehead atoms. The number of hydrogen-bond donors (Lipinski definition) is 1. The lowest BCUT2D eigenvalue weighted by Crippen LogP contribution is -2.26. The molecule has 2 heterocycles. The Labute approximate surface area is 178 Å². The highest BCUT2D eigenvalue weighted by molar-refractivity contribution is 5.86. The normalized spacial score (nSPS) is 11.7. The van der Waals surface area contributed by atoms with Gasteiger partial charge in [0.1, 0.15) is 0 Å². The van der Waals surface area contributed by atoms with Crippen molar-refractivity contribution in [3.63, 3.8) is 0 Å². The highest BCUT2D eigenvalue weighted by Crippen LogP contribution is 2.32. The zero-order valence-corrected chi connectivity index (χ0v) is 17.9. The number of pyridine rings is 1. The number of hydrogen-bond acceptors (Lipinski definition) is 4. The maximum absolute atomic E-state index is 13.1. The SMILES string of the molecule is COc1nn(C)c2nc(C)c(CCC(=O)NCCc3ccccc3C(F)(F)F)c(C)c12. The van der Waals surface area contributed by atoms with Crippen LogP contribution >= 0.6 is 0 Å². The van der Waals surface area contributed by atoms with Gasteiger partial charge in [0.15, 0.2) is 5.65 Å². The summed E-state index contributed by atoms with van der Waals surface area (Å²) in [5, 5.41) is 7.84. The summed E-state index contributed by atoms with van der Waals surface area (Å²) in [5.74, 6) is 0.262. The number of nitrogens with zero attached hydrogens (tertiary/aromatic N) is 3. The molecule has 0 atom stereocenters. The van der Waals surface area contributed by atoms with Crippen LogP contribution in [0.25, 0.3) is 11.0 Å². The van der Waals surface area contributed by atoms with Crippen molar-refractivity contribution in [2.24, 2.45) is 7.05 Å². The van der Waals surface area contributed by atoms with Gasteiger partial charge in [-0.1, -0.05) is 18.2 Å². The monoisotopic (exact) mass is 434 g/mol. The molecule has 2 aromatic heterocycles. The van der Waals surface area contributed by atoms with Gasteiger partial charge in [0.05, 0.1) is 18.1 Å². The van der Waals surface area contributed by atoms with Gasteiger partial charge in [0, 0.05) is 25.7 Å². The highest BCUT2D eigenvalue weighted by Gasteiger charge is 2.32. The van der Waals surface area contributed by atoms with Gasteiger partial charge in [-0.15, -0.1) is 5.10 Å². The topological polar surface area (TPSA) is 69.0 Å². The second-order valence-electron chi connectivity index (χ2n) is 7.39. The number of aryl methyl sites for hydroxylation is 3. The van der Waals surface area contributed by atoms with Crippen molar-refractivity contribution < 1.29 is 22.7 Å². The van der Waals surface area contributed by atoms with E-state index in [2.05, 4.69) is 15.4 Å². The van der Waals surface area contributed by atoms with Crippen LogP contribution in [-0.4, -0.2) is 34.3 Å². The van der Waals surface area contributed by atoms with Crippen LogP contribution in [0.4, 0.5) is 13.2 Å². The van der Waals surface area contributed by atoms with Crippen LogP contribution in [0.3, 0.4) is 0 Å². The van der Waals surface area contributed by atoms with Gasteiger partial charge >= 0.3 is 6.18 Å². The summed E-state index contributed by atoms with van der Waals surface area (Å²) in [7, 11) is 3.34. The van der Waals surface area contributed by atoms with E-state index in [0.717, 1.165) is 28.3 Å². The summed E-state index contributed by atoms with van der Waals surface area (Å²) in [6, 6.07) is 5.41. The molecule has 6 nitrogen and oxygen atoms in total. The van der Waals surface area contributed by atoms with Crippen LogP contribution in [0.15, 0.2) is 24.3 Å². The molecule has 166 valence electrons. The molecule has 0 aliphatic rings. The third-order valence-corrected chi connectivity index (χ3v) is 5.36. The Kier molecular flexibility index (Phi) is 6.52. The van der Waals surface area contributed by atoms with Crippen molar-refractivity contribution >= 4 is 16.9 Å². The lowest BCUT2D eigenvalue weighted by atomic mass is 10.00. The van der Waals surface area contributed by atoms with Gasteiger partial charge in [-0.25, -0.2) is 9.67 Å². The van der Waals surface area contributed by atoms with E-state index in [-0.39, 0.29) is 30.9 Å². The van der Waals surface area contributed by atoms with Crippen LogP contribution in [0, 0.1) is 13.8 Å². The molecule has 0 fully saturated rings. The van der Waals surface area contributed by atoms with Crippen molar-refractivity contribution in [1.82, 2.24) is 20.1 Å². The average molecular weight is 434 g/mol. The molecule has 1 N–H and O–H groups in total. The summed E-state index contributed by atoms with van der Waals surface area (Å²) in [6.45, 7) is 3.97. The van der Waals surface area contributed by atoms with E-state index in [1.165, 1.54) is 12.1 Å². The smallest absolute Gasteiger partial charge is 0.416 e. The van der Waals surface area contributed by atoms with Gasteiger partial charge in [-0.3, -0.25) is 4.79 Å². The molecule has 0 radical (unpaired) electrons. The predicted molar refractivity (Wildman–Crippen MR) is 111 cm³/mol. The van der Waals surface area contributed by atoms with E-state index in [9.17, 15) is 18.0 Å². The van der Waals surface area contributed by atoms with E-state index in [1.807, 2.05) is 13.8 Å². The standard InChI is InChI=1S/C22H25F3N4O2/c1-13-16(14(2)27-20-19(13)21(31-4)28-29(20)3)9-10-18(30)26-12-11-15-7-5-6-8-17(15)22(23,24)25/h5-8H,9-12H2,1-4H3,(H,26,30). The predicted octanol–water partition coefficient (Wildman–Crippen LogP) is 3.90. The second kappa shape index (κ2) is 8.95. The Balaban J connectivity index is 1.64. The van der Waals surface area contributed by atoms with Crippen molar-refractivity contribution in [3.8, 4) is 5.88 Å². The fourth-order valence-electron chi connectivity index (χ4n) is 3.79. The number of amides is 1. The summed E-state index contributed by atoms with van der Waals surface area (Å²) >= 11 is 0. The zero-order valence-electron chi connectivity index (χ0n) is 17.9. The van der Waals surface area contributed by atoms with Gasteiger partial charge in [-0.2, -0.15) is 13.2 Å². The van der Waals surface area contributed by atoms with E-state index >= 15 is 0 Å². The molecule has 0 spiro atoms. The number of ether oxygens (including phenoxy) is 1. The van der Waals surface area contributed by atoms with Crippen molar-refractivity contribution in [1.29, 1.82) is 0 Å². The first-order chi connectivity index (χ1) is 14.6. The first-order valence-electron chi connectivity index (χ1n) is 9.92. The minimum absolute atomic E-state index is 0.111. The Bertz CT molecular complexity index is 1110. The zero-order chi connectivity index (χ0) is 22.8. The number of alkyl halides is 3. The minimum Gasteiger partial charge on any atom is -0.479 e. The fraction of sp³-hybridized carbons (Fsp3) is 0.409. The number of rotatable bonds is 7. The fourth-order valence-corrected chi connectivity index (χ4v) is 3.79. The van der Waals surface area contributed by atoms with Crippen molar-refractivity contribution in [3.05, 3.63) is 52.2 Å². The number of carbonyl (C=O) groups excluding carboxylic acids is 1. The second-order valence-corrected chi connectivity index (χ2v) is 7.39. The number of aromatic nitrogens is 3. The lowest BCUT2D eigenvalue weighted by Gasteiger charge is -2.13. The molecule has 0 unspecified atom stereocenters. The molecule has 9 heteroatoms. The number of fused-ring (bicyclic) bond motifs is 1. The van der Waals surface area contributed by atoms with Crippen molar-refractivity contribution in [2.75, 3.05) is 13.7 Å². The molecule has 0 aliphatic heterocycles. The molecule has 0 saturated carbocycles. The number of halogens is 3. The first-order valence-corrected chi connectivity index (χ1v) is 9.92. The van der Waals surface area contributed by atoms with Crippen LogP contribution in [-0.2, 0) is 30.9 Å². The van der Waals surface area contributed by atoms with Gasteiger partial charge in [0.2, 0.25) is 11.8 Å². The largest absolute Gasteiger partial charge is 0.479 e. The van der Waals surface area contributed by atoms with E-state index < -0.39 is 11.7 Å². The van der Waals surface area contributed by atoms with Crippen LogP contribution in [0.2, 0.25) is 0 Å². The molecular formula is C22H25F3N4O2. The number of benzene rings is 1. The Morgan fingerprint density at radius 2 is 1.90 bits per heavy atom. The Morgan fingerprint density at radius 1 is 1.19 bits per heavy atom. The summed E-state index contributed by atoms with van der Waals surface area (Å²) in [5.41, 5.74) is 2.92. The average Bonchev–Trinajstić information content (AvgIpc) is 3.03. The molecule has 3 aromatic rings. The van der Waals surface area contributed by atoms with Gasteiger partial charge in [-0.05, 0) is 49.4 Å². The maximum Gasteiger partial charge on any atom is 0.416 e. The van der Waals surface area contributed by atoms with E-state index in [0.29, 0.717) is 17.9 Å². The summed E-state index contributed by atoms with van der Waals surface area (Å²) in [6.07, 6.45) is -3.63. The molecule has 1 amide bonds. The van der Waals surface area contributed by atoms with Crippen LogP contribution < -0.4 is 10.1 Å². The lowest BCUT2D eigenvalue weighted by molar-refractivity contribution is -0.138. The van der Waals surface area contributed by atoms with Crippen LogP contribution in [0.5, 0.6) is 5.88 Å².